The number of carbonyl (C=O) groups excluding carboxylic acids is 1. The number of Topliss-reactive ketones (excluding diaryl/α,β-unsaturated/α-hetero) is 1. The maximum atomic E-state index is 11.5. The Hall–Kier alpha value is -1.19. The Morgan fingerprint density at radius 3 is 2.69 bits per heavy atom. The van der Waals surface area contributed by atoms with Crippen molar-refractivity contribution < 1.29 is 4.79 Å². The Morgan fingerprint density at radius 2 is 2.23 bits per heavy atom. The van der Waals surface area contributed by atoms with E-state index >= 15 is 0 Å². The second-order valence-corrected chi connectivity index (χ2v) is 3.14. The summed E-state index contributed by atoms with van der Waals surface area (Å²) >= 11 is 0. The lowest BCUT2D eigenvalue weighted by Gasteiger charge is -2.08. The fraction of sp³-hybridized carbons (Fsp3) is 0.667. The normalized spacial score (nSPS) is 10.7. The molecule has 72 valence electrons. The van der Waals surface area contributed by atoms with Crippen LogP contribution in [-0.2, 0) is 0 Å². The van der Waals surface area contributed by atoms with Crippen LogP contribution >= 0.6 is 0 Å². The summed E-state index contributed by atoms with van der Waals surface area (Å²) in [4.78, 5) is 15.3. The quantitative estimate of drug-likeness (QED) is 0.705. The summed E-state index contributed by atoms with van der Waals surface area (Å²) in [5.41, 5.74) is 0. The third-order valence-electron chi connectivity index (χ3n) is 2.31. The number of aromatic amines is 1. The summed E-state index contributed by atoms with van der Waals surface area (Å²) < 4.78 is 0. The van der Waals surface area contributed by atoms with E-state index in [1.165, 1.54) is 6.33 Å². The van der Waals surface area contributed by atoms with E-state index in [0.29, 0.717) is 18.2 Å². The SMILES string of the molecule is CCC(CC)CC(=O)c1ncn[nH]1. The van der Waals surface area contributed by atoms with Crippen molar-refractivity contribution in [3.8, 4) is 0 Å². The number of nitrogens with zero attached hydrogens (tertiary/aromatic N) is 2. The Morgan fingerprint density at radius 1 is 1.54 bits per heavy atom. The van der Waals surface area contributed by atoms with Crippen LogP contribution in [0.2, 0.25) is 0 Å². The van der Waals surface area contributed by atoms with Crippen LogP contribution < -0.4 is 0 Å². The van der Waals surface area contributed by atoms with Crippen molar-refractivity contribution in [2.24, 2.45) is 5.92 Å². The van der Waals surface area contributed by atoms with Gasteiger partial charge < -0.3 is 0 Å². The zero-order chi connectivity index (χ0) is 9.68. The van der Waals surface area contributed by atoms with Crippen LogP contribution in [0.1, 0.15) is 43.7 Å². The molecule has 0 bridgehead atoms. The highest BCUT2D eigenvalue weighted by atomic mass is 16.1. The van der Waals surface area contributed by atoms with Gasteiger partial charge >= 0.3 is 0 Å². The zero-order valence-corrected chi connectivity index (χ0v) is 8.08. The van der Waals surface area contributed by atoms with E-state index in [2.05, 4.69) is 29.0 Å². The Labute approximate surface area is 77.8 Å². The molecule has 1 heterocycles. The van der Waals surface area contributed by atoms with Gasteiger partial charge in [0, 0.05) is 6.42 Å². The largest absolute Gasteiger partial charge is 0.291 e. The van der Waals surface area contributed by atoms with E-state index in [1.807, 2.05) is 0 Å². The van der Waals surface area contributed by atoms with Gasteiger partial charge in [-0.15, -0.1) is 0 Å². The van der Waals surface area contributed by atoms with Crippen LogP contribution in [0.15, 0.2) is 6.33 Å². The van der Waals surface area contributed by atoms with Gasteiger partial charge in [-0.2, -0.15) is 5.10 Å². The van der Waals surface area contributed by atoms with Crippen LogP contribution in [0.3, 0.4) is 0 Å². The topological polar surface area (TPSA) is 58.6 Å². The van der Waals surface area contributed by atoms with Gasteiger partial charge in [0.1, 0.15) is 6.33 Å². The average molecular weight is 181 g/mol. The molecule has 0 aliphatic heterocycles. The lowest BCUT2D eigenvalue weighted by Crippen LogP contribution is -2.09. The molecule has 4 nitrogen and oxygen atoms in total. The summed E-state index contributed by atoms with van der Waals surface area (Å²) in [6, 6.07) is 0. The minimum Gasteiger partial charge on any atom is -0.291 e. The molecule has 13 heavy (non-hydrogen) atoms. The molecule has 0 radical (unpaired) electrons. The highest BCUT2D eigenvalue weighted by molar-refractivity contribution is 5.92. The fourth-order valence-corrected chi connectivity index (χ4v) is 1.28. The van der Waals surface area contributed by atoms with Gasteiger partial charge in [0.2, 0.25) is 0 Å². The van der Waals surface area contributed by atoms with Gasteiger partial charge in [0.15, 0.2) is 11.6 Å². The number of H-pyrrole nitrogens is 1. The molecule has 0 saturated carbocycles. The molecule has 0 saturated heterocycles. The van der Waals surface area contributed by atoms with E-state index in [0.717, 1.165) is 12.8 Å². The van der Waals surface area contributed by atoms with Crippen molar-refractivity contribution in [3.05, 3.63) is 12.2 Å². The molecule has 0 aliphatic carbocycles. The van der Waals surface area contributed by atoms with Crippen molar-refractivity contribution >= 4 is 5.78 Å². The van der Waals surface area contributed by atoms with E-state index in [4.69, 9.17) is 0 Å². The van der Waals surface area contributed by atoms with Gasteiger partial charge in [-0.1, -0.05) is 26.7 Å². The van der Waals surface area contributed by atoms with E-state index in [-0.39, 0.29) is 5.78 Å². The van der Waals surface area contributed by atoms with Crippen LogP contribution in [-0.4, -0.2) is 21.0 Å². The minimum atomic E-state index is 0.0613. The predicted octanol–water partition coefficient (Wildman–Crippen LogP) is 1.81. The molecular formula is C9H15N3O. The zero-order valence-electron chi connectivity index (χ0n) is 8.08. The molecule has 1 aromatic rings. The lowest BCUT2D eigenvalue weighted by atomic mass is 9.97. The Kier molecular flexibility index (Phi) is 3.61. The molecule has 1 N–H and O–H groups in total. The van der Waals surface area contributed by atoms with E-state index < -0.39 is 0 Å². The summed E-state index contributed by atoms with van der Waals surface area (Å²) in [5.74, 6) is 0.913. The molecule has 0 atom stereocenters. The average Bonchev–Trinajstić information content (AvgIpc) is 2.66. The molecule has 1 aromatic heterocycles. The van der Waals surface area contributed by atoms with E-state index in [1.54, 1.807) is 0 Å². The van der Waals surface area contributed by atoms with E-state index in [9.17, 15) is 4.79 Å². The molecule has 4 heteroatoms. The molecule has 0 amide bonds. The first-order valence-corrected chi connectivity index (χ1v) is 4.66. The standard InChI is InChI=1S/C9H15N3O/c1-3-7(4-2)5-8(13)9-10-6-11-12-9/h6-7H,3-5H2,1-2H3,(H,10,11,12). The number of nitrogens with one attached hydrogen (secondary N) is 1. The van der Waals surface area contributed by atoms with Gasteiger partial charge in [-0.25, -0.2) is 4.98 Å². The second-order valence-electron chi connectivity index (χ2n) is 3.14. The maximum Gasteiger partial charge on any atom is 0.199 e. The van der Waals surface area contributed by atoms with Crippen molar-refractivity contribution in [1.29, 1.82) is 0 Å². The summed E-state index contributed by atoms with van der Waals surface area (Å²) in [7, 11) is 0. The van der Waals surface area contributed by atoms with Gasteiger partial charge in [0.25, 0.3) is 0 Å². The first-order chi connectivity index (χ1) is 6.27. The predicted molar refractivity (Wildman–Crippen MR) is 49.4 cm³/mol. The number of ketones is 1. The van der Waals surface area contributed by atoms with Crippen molar-refractivity contribution in [3.63, 3.8) is 0 Å². The Bertz CT molecular complexity index is 252. The van der Waals surface area contributed by atoms with Crippen molar-refractivity contribution in [2.45, 2.75) is 33.1 Å². The molecule has 0 aliphatic rings. The van der Waals surface area contributed by atoms with Crippen molar-refractivity contribution in [1.82, 2.24) is 15.2 Å². The molecular weight excluding hydrogens is 166 g/mol. The smallest absolute Gasteiger partial charge is 0.199 e. The number of hydrogen-bond donors (Lipinski definition) is 1. The summed E-state index contributed by atoms with van der Waals surface area (Å²) in [6.45, 7) is 4.20. The third-order valence-corrected chi connectivity index (χ3v) is 2.31. The van der Waals surface area contributed by atoms with Gasteiger partial charge in [0.05, 0.1) is 0 Å². The molecule has 0 fully saturated rings. The first kappa shape index (κ1) is 9.89. The maximum absolute atomic E-state index is 11.5. The molecule has 0 spiro atoms. The van der Waals surface area contributed by atoms with Crippen LogP contribution in [0, 0.1) is 5.92 Å². The molecule has 0 aromatic carbocycles. The van der Waals surface area contributed by atoms with Gasteiger partial charge in [-0.3, -0.25) is 9.89 Å². The van der Waals surface area contributed by atoms with Crippen molar-refractivity contribution in [2.75, 3.05) is 0 Å². The third kappa shape index (κ3) is 2.65. The monoisotopic (exact) mass is 181 g/mol. The highest BCUT2D eigenvalue weighted by Gasteiger charge is 2.13. The Balaban J connectivity index is 2.50. The highest BCUT2D eigenvalue weighted by Crippen LogP contribution is 2.14. The fourth-order valence-electron chi connectivity index (χ4n) is 1.28. The van der Waals surface area contributed by atoms with Gasteiger partial charge in [-0.05, 0) is 5.92 Å². The number of aromatic nitrogens is 3. The van der Waals surface area contributed by atoms with Crippen LogP contribution in [0.4, 0.5) is 0 Å². The number of hydrogen-bond acceptors (Lipinski definition) is 3. The minimum absolute atomic E-state index is 0.0613. The summed E-state index contributed by atoms with van der Waals surface area (Å²) in [5, 5.41) is 6.23. The first-order valence-electron chi connectivity index (χ1n) is 4.66. The molecule has 1 rings (SSSR count). The van der Waals surface area contributed by atoms with Crippen LogP contribution in [0.5, 0.6) is 0 Å². The number of rotatable bonds is 5. The molecule has 0 unspecified atom stereocenters. The summed E-state index contributed by atoms with van der Waals surface area (Å²) in [6.07, 6.45) is 4.01. The van der Waals surface area contributed by atoms with Crippen LogP contribution in [0.25, 0.3) is 0 Å². The second kappa shape index (κ2) is 4.74. The number of carbonyl (C=O) groups is 1. The lowest BCUT2D eigenvalue weighted by molar-refractivity contribution is 0.0949.